The van der Waals surface area contributed by atoms with Crippen LogP contribution in [0.25, 0.3) is 11.0 Å². The highest BCUT2D eigenvalue weighted by Gasteiger charge is 2.10. The SMILES string of the molecule is CC(C)COc1cccc(C(=O)NC(=S)Nc2ccc3[nH]c(=O)[nH]c3c2)c1. The average molecular weight is 384 g/mol. The highest BCUT2D eigenvalue weighted by atomic mass is 32.1. The fourth-order valence-corrected chi connectivity index (χ4v) is 2.65. The van der Waals surface area contributed by atoms with Crippen molar-refractivity contribution in [1.29, 1.82) is 0 Å². The lowest BCUT2D eigenvalue weighted by atomic mass is 10.2. The number of aromatic amines is 2. The number of H-pyrrole nitrogens is 2. The number of carbonyl (C=O) groups excluding carboxylic acids is 1. The Hall–Kier alpha value is -3.13. The summed E-state index contributed by atoms with van der Waals surface area (Å²) in [6.45, 7) is 4.69. The van der Waals surface area contributed by atoms with Gasteiger partial charge in [-0.05, 0) is 54.5 Å². The van der Waals surface area contributed by atoms with Gasteiger partial charge in [0.2, 0.25) is 0 Å². The Labute approximate surface area is 161 Å². The average Bonchev–Trinajstić information content (AvgIpc) is 2.99. The number of thiocarbonyl (C=S) groups is 1. The first-order valence-corrected chi connectivity index (χ1v) is 8.89. The van der Waals surface area contributed by atoms with E-state index in [2.05, 4.69) is 34.4 Å². The van der Waals surface area contributed by atoms with Crippen molar-refractivity contribution in [3.05, 3.63) is 58.5 Å². The number of benzene rings is 2. The second-order valence-corrected chi connectivity index (χ2v) is 6.89. The first kappa shape index (κ1) is 18.7. The zero-order chi connectivity index (χ0) is 19.4. The van der Waals surface area contributed by atoms with Crippen LogP contribution in [0.2, 0.25) is 0 Å². The quantitative estimate of drug-likeness (QED) is 0.507. The van der Waals surface area contributed by atoms with Gasteiger partial charge in [0.1, 0.15) is 5.75 Å². The van der Waals surface area contributed by atoms with Crippen LogP contribution in [0.4, 0.5) is 5.69 Å². The van der Waals surface area contributed by atoms with Crippen LogP contribution in [0.1, 0.15) is 24.2 Å². The molecule has 0 aliphatic carbocycles. The minimum Gasteiger partial charge on any atom is -0.493 e. The van der Waals surface area contributed by atoms with Gasteiger partial charge in [-0.1, -0.05) is 19.9 Å². The van der Waals surface area contributed by atoms with Gasteiger partial charge in [0.15, 0.2) is 5.11 Å². The fourth-order valence-electron chi connectivity index (χ4n) is 2.44. The molecule has 0 radical (unpaired) electrons. The van der Waals surface area contributed by atoms with E-state index in [9.17, 15) is 9.59 Å². The van der Waals surface area contributed by atoms with Crippen molar-refractivity contribution < 1.29 is 9.53 Å². The number of aromatic nitrogens is 2. The summed E-state index contributed by atoms with van der Waals surface area (Å²) in [5.74, 6) is 0.697. The molecule has 2 aromatic carbocycles. The second-order valence-electron chi connectivity index (χ2n) is 6.48. The normalized spacial score (nSPS) is 10.8. The number of nitrogens with one attached hydrogen (secondary N) is 4. The number of carbonyl (C=O) groups is 1. The van der Waals surface area contributed by atoms with E-state index < -0.39 is 0 Å². The molecule has 1 aromatic heterocycles. The first-order valence-electron chi connectivity index (χ1n) is 8.48. The zero-order valence-corrected chi connectivity index (χ0v) is 15.8. The van der Waals surface area contributed by atoms with Crippen LogP contribution in [-0.2, 0) is 0 Å². The summed E-state index contributed by atoms with van der Waals surface area (Å²) in [7, 11) is 0. The summed E-state index contributed by atoms with van der Waals surface area (Å²) in [4.78, 5) is 29.0. The Morgan fingerprint density at radius 1 is 1.15 bits per heavy atom. The van der Waals surface area contributed by atoms with Crippen molar-refractivity contribution in [2.75, 3.05) is 11.9 Å². The third-order valence-corrected chi connectivity index (χ3v) is 3.88. The van der Waals surface area contributed by atoms with E-state index in [1.54, 1.807) is 36.4 Å². The van der Waals surface area contributed by atoms with Crippen molar-refractivity contribution in [1.82, 2.24) is 15.3 Å². The molecule has 8 heteroatoms. The van der Waals surface area contributed by atoms with Crippen LogP contribution in [0.15, 0.2) is 47.3 Å². The summed E-state index contributed by atoms with van der Waals surface area (Å²) >= 11 is 5.20. The highest BCUT2D eigenvalue weighted by Crippen LogP contribution is 2.16. The summed E-state index contributed by atoms with van der Waals surface area (Å²) in [5, 5.41) is 5.73. The number of anilines is 1. The minimum absolute atomic E-state index is 0.158. The van der Waals surface area contributed by atoms with Crippen LogP contribution in [0.5, 0.6) is 5.75 Å². The van der Waals surface area contributed by atoms with Gasteiger partial charge in [0.25, 0.3) is 5.91 Å². The summed E-state index contributed by atoms with van der Waals surface area (Å²) < 4.78 is 5.64. The van der Waals surface area contributed by atoms with Gasteiger partial charge in [0, 0.05) is 11.3 Å². The molecule has 4 N–H and O–H groups in total. The summed E-state index contributed by atoms with van der Waals surface area (Å²) in [5.41, 5.74) is 2.16. The molecule has 0 aliphatic rings. The van der Waals surface area contributed by atoms with Crippen LogP contribution >= 0.6 is 12.2 Å². The van der Waals surface area contributed by atoms with Crippen LogP contribution in [0.3, 0.4) is 0 Å². The van der Waals surface area contributed by atoms with Crippen molar-refractivity contribution in [3.63, 3.8) is 0 Å². The lowest BCUT2D eigenvalue weighted by Crippen LogP contribution is -2.34. The number of hydrogen-bond acceptors (Lipinski definition) is 4. The highest BCUT2D eigenvalue weighted by molar-refractivity contribution is 7.80. The van der Waals surface area contributed by atoms with Gasteiger partial charge in [-0.15, -0.1) is 0 Å². The second kappa shape index (κ2) is 8.05. The monoisotopic (exact) mass is 384 g/mol. The molecule has 1 amide bonds. The predicted molar refractivity (Wildman–Crippen MR) is 109 cm³/mol. The van der Waals surface area contributed by atoms with Crippen LogP contribution in [-0.4, -0.2) is 27.6 Å². The maximum Gasteiger partial charge on any atom is 0.323 e. The topological polar surface area (TPSA) is 99.0 Å². The first-order chi connectivity index (χ1) is 12.9. The van der Waals surface area contributed by atoms with E-state index in [0.717, 1.165) is 0 Å². The molecule has 3 rings (SSSR count). The number of amides is 1. The predicted octanol–water partition coefficient (Wildman–Crippen LogP) is 3.02. The number of rotatable bonds is 5. The van der Waals surface area contributed by atoms with Crippen molar-refractivity contribution in [3.8, 4) is 5.75 Å². The van der Waals surface area contributed by atoms with Gasteiger partial charge in [0.05, 0.1) is 17.6 Å². The lowest BCUT2D eigenvalue weighted by molar-refractivity contribution is 0.0977. The molecule has 0 aliphatic heterocycles. The Bertz CT molecular complexity index is 1040. The van der Waals surface area contributed by atoms with E-state index in [-0.39, 0.29) is 16.7 Å². The molecular formula is C19H20N4O3S. The molecule has 0 spiro atoms. The van der Waals surface area contributed by atoms with Crippen LogP contribution < -0.4 is 21.1 Å². The zero-order valence-electron chi connectivity index (χ0n) is 15.0. The Kier molecular flexibility index (Phi) is 5.56. The maximum atomic E-state index is 12.4. The molecule has 27 heavy (non-hydrogen) atoms. The Morgan fingerprint density at radius 3 is 2.70 bits per heavy atom. The number of hydrogen-bond donors (Lipinski definition) is 4. The molecule has 140 valence electrons. The fraction of sp³-hybridized carbons (Fsp3) is 0.211. The Morgan fingerprint density at radius 2 is 1.93 bits per heavy atom. The number of ether oxygens (including phenoxy) is 1. The molecule has 7 nitrogen and oxygen atoms in total. The summed E-state index contributed by atoms with van der Waals surface area (Å²) in [6, 6.07) is 12.2. The molecule has 0 unspecified atom stereocenters. The molecule has 3 aromatic rings. The molecule has 0 bridgehead atoms. The van der Waals surface area contributed by atoms with E-state index in [0.29, 0.717) is 40.6 Å². The molecular weight excluding hydrogens is 364 g/mol. The van der Waals surface area contributed by atoms with Gasteiger partial charge in [-0.25, -0.2) is 4.79 Å². The smallest absolute Gasteiger partial charge is 0.323 e. The lowest BCUT2D eigenvalue weighted by Gasteiger charge is -2.11. The molecule has 0 fully saturated rings. The Balaban J connectivity index is 1.63. The van der Waals surface area contributed by atoms with E-state index in [4.69, 9.17) is 17.0 Å². The standard InChI is InChI=1S/C19H20N4O3S/c1-11(2)10-26-14-5-3-4-12(8-14)17(24)23-19(27)20-13-6-7-15-16(9-13)22-18(25)21-15/h3-9,11H,10H2,1-2H3,(H2,21,22,25)(H2,20,23,24,27). The van der Waals surface area contributed by atoms with Gasteiger partial charge < -0.3 is 20.0 Å². The van der Waals surface area contributed by atoms with Crippen molar-refractivity contribution in [2.24, 2.45) is 5.92 Å². The van der Waals surface area contributed by atoms with Crippen LogP contribution in [0, 0.1) is 5.92 Å². The number of fused-ring (bicyclic) bond motifs is 1. The summed E-state index contributed by atoms with van der Waals surface area (Å²) in [6.07, 6.45) is 0. The third-order valence-electron chi connectivity index (χ3n) is 3.68. The molecule has 0 saturated carbocycles. The van der Waals surface area contributed by atoms with E-state index in [1.807, 2.05) is 6.07 Å². The minimum atomic E-state index is -0.335. The maximum absolute atomic E-state index is 12.4. The van der Waals surface area contributed by atoms with Gasteiger partial charge >= 0.3 is 5.69 Å². The van der Waals surface area contributed by atoms with Crippen molar-refractivity contribution >= 4 is 40.0 Å². The van der Waals surface area contributed by atoms with Gasteiger partial charge in [-0.2, -0.15) is 0 Å². The van der Waals surface area contributed by atoms with Gasteiger partial charge in [-0.3, -0.25) is 10.1 Å². The largest absolute Gasteiger partial charge is 0.493 e. The molecule has 1 heterocycles. The van der Waals surface area contributed by atoms with E-state index in [1.165, 1.54) is 0 Å². The van der Waals surface area contributed by atoms with Crippen molar-refractivity contribution in [2.45, 2.75) is 13.8 Å². The molecule has 0 saturated heterocycles. The number of imidazole rings is 1. The third kappa shape index (κ3) is 4.95. The molecule has 0 atom stereocenters. The van der Waals surface area contributed by atoms with E-state index >= 15 is 0 Å².